The fourth-order valence-electron chi connectivity index (χ4n) is 2.75. The first kappa shape index (κ1) is 17.4. The normalized spacial score (nSPS) is 21.8. The van der Waals surface area contributed by atoms with Crippen molar-refractivity contribution < 1.29 is 13.2 Å². The van der Waals surface area contributed by atoms with Crippen LogP contribution in [-0.2, 0) is 21.1 Å². The second-order valence-corrected chi connectivity index (χ2v) is 10.1. The number of nitrogens with zero attached hydrogens (tertiary/aromatic N) is 2. The van der Waals surface area contributed by atoms with E-state index in [1.807, 2.05) is 27.7 Å². The Kier molecular flexibility index (Phi) is 4.96. The highest BCUT2D eigenvalue weighted by Crippen LogP contribution is 2.29. The van der Waals surface area contributed by atoms with E-state index in [9.17, 15) is 13.2 Å². The van der Waals surface area contributed by atoms with Crippen molar-refractivity contribution in [2.24, 2.45) is 5.41 Å². The Hall–Kier alpha value is -0.950. The SMILES string of the molecule is Cc1ncsc1CCC(=O)N1CCS(=O)(=O)CC1C(C)(C)C. The van der Waals surface area contributed by atoms with Crippen molar-refractivity contribution in [1.82, 2.24) is 9.88 Å². The Morgan fingerprint density at radius 1 is 1.45 bits per heavy atom. The van der Waals surface area contributed by atoms with Crippen molar-refractivity contribution in [3.8, 4) is 0 Å². The first-order valence-corrected chi connectivity index (χ1v) is 10.2. The fraction of sp³-hybridized carbons (Fsp3) is 0.733. The van der Waals surface area contributed by atoms with Crippen molar-refractivity contribution in [1.29, 1.82) is 0 Å². The molecule has 1 amide bonds. The van der Waals surface area contributed by atoms with Gasteiger partial charge in [-0.25, -0.2) is 13.4 Å². The van der Waals surface area contributed by atoms with Gasteiger partial charge in [0.15, 0.2) is 9.84 Å². The number of sulfone groups is 1. The Labute approximate surface area is 136 Å². The number of carbonyl (C=O) groups excluding carboxylic acids is 1. The van der Waals surface area contributed by atoms with Gasteiger partial charge in [0.1, 0.15) is 0 Å². The molecule has 124 valence electrons. The van der Waals surface area contributed by atoms with E-state index in [2.05, 4.69) is 4.98 Å². The van der Waals surface area contributed by atoms with Crippen LogP contribution in [0.1, 0.15) is 37.8 Å². The molecule has 0 radical (unpaired) electrons. The molecular weight excluding hydrogens is 320 g/mol. The average molecular weight is 345 g/mol. The lowest BCUT2D eigenvalue weighted by atomic mass is 9.86. The van der Waals surface area contributed by atoms with Gasteiger partial charge in [0.25, 0.3) is 0 Å². The third kappa shape index (κ3) is 4.07. The summed E-state index contributed by atoms with van der Waals surface area (Å²) in [5.41, 5.74) is 2.52. The Morgan fingerprint density at radius 3 is 2.68 bits per heavy atom. The number of aromatic nitrogens is 1. The molecule has 2 heterocycles. The average Bonchev–Trinajstić information content (AvgIpc) is 2.79. The van der Waals surface area contributed by atoms with Gasteiger partial charge >= 0.3 is 0 Å². The predicted molar refractivity (Wildman–Crippen MR) is 88.8 cm³/mol. The molecule has 5 nitrogen and oxygen atoms in total. The third-order valence-electron chi connectivity index (χ3n) is 4.16. The molecule has 0 spiro atoms. The quantitative estimate of drug-likeness (QED) is 0.842. The molecule has 0 aromatic carbocycles. The topological polar surface area (TPSA) is 67.3 Å². The molecule has 1 fully saturated rings. The molecule has 22 heavy (non-hydrogen) atoms. The highest BCUT2D eigenvalue weighted by atomic mass is 32.2. The first-order valence-electron chi connectivity index (χ1n) is 7.49. The van der Waals surface area contributed by atoms with Crippen LogP contribution in [-0.4, -0.2) is 48.3 Å². The number of aryl methyl sites for hydroxylation is 2. The number of amides is 1. The molecule has 0 aliphatic carbocycles. The maximum absolute atomic E-state index is 12.6. The van der Waals surface area contributed by atoms with Gasteiger partial charge in [-0.05, 0) is 18.8 Å². The fourth-order valence-corrected chi connectivity index (χ4v) is 5.34. The van der Waals surface area contributed by atoms with Gasteiger partial charge in [-0.15, -0.1) is 11.3 Å². The van der Waals surface area contributed by atoms with E-state index in [0.717, 1.165) is 10.6 Å². The summed E-state index contributed by atoms with van der Waals surface area (Å²) in [6.45, 7) is 8.23. The first-order chi connectivity index (χ1) is 10.1. The lowest BCUT2D eigenvalue weighted by Gasteiger charge is -2.43. The summed E-state index contributed by atoms with van der Waals surface area (Å²) in [7, 11) is -3.05. The standard InChI is InChI=1S/C15H24N2O3S2/c1-11-12(21-10-16-11)5-6-14(18)17-7-8-22(19,20)9-13(17)15(2,3)4/h10,13H,5-9H2,1-4H3. The maximum Gasteiger partial charge on any atom is 0.223 e. The number of hydrogen-bond acceptors (Lipinski definition) is 5. The summed E-state index contributed by atoms with van der Waals surface area (Å²) in [6, 6.07) is -0.249. The molecule has 1 aliphatic heterocycles. The van der Waals surface area contributed by atoms with Crippen molar-refractivity contribution >= 4 is 27.1 Å². The van der Waals surface area contributed by atoms with Crippen LogP contribution in [0.5, 0.6) is 0 Å². The second-order valence-electron chi connectivity index (χ2n) is 6.94. The zero-order valence-electron chi connectivity index (χ0n) is 13.6. The summed E-state index contributed by atoms with van der Waals surface area (Å²) in [4.78, 5) is 19.7. The summed E-state index contributed by atoms with van der Waals surface area (Å²) >= 11 is 1.57. The van der Waals surface area contributed by atoms with E-state index in [0.29, 0.717) is 19.4 Å². The predicted octanol–water partition coefficient (Wildman–Crippen LogP) is 2.06. The lowest BCUT2D eigenvalue weighted by molar-refractivity contribution is -0.135. The van der Waals surface area contributed by atoms with Gasteiger partial charge < -0.3 is 4.90 Å². The van der Waals surface area contributed by atoms with E-state index in [1.54, 1.807) is 21.7 Å². The second kappa shape index (κ2) is 6.28. The highest BCUT2D eigenvalue weighted by molar-refractivity contribution is 7.91. The summed E-state index contributed by atoms with van der Waals surface area (Å²) in [6.07, 6.45) is 1.09. The molecule has 1 aliphatic rings. The molecule has 0 saturated carbocycles. The zero-order chi connectivity index (χ0) is 16.5. The van der Waals surface area contributed by atoms with Gasteiger partial charge in [-0.3, -0.25) is 4.79 Å². The van der Waals surface area contributed by atoms with E-state index >= 15 is 0 Å². The van der Waals surface area contributed by atoms with E-state index in [1.165, 1.54) is 0 Å². The number of rotatable bonds is 3. The zero-order valence-corrected chi connectivity index (χ0v) is 15.3. The third-order valence-corrected chi connectivity index (χ3v) is 6.79. The molecule has 1 saturated heterocycles. The number of hydrogen-bond donors (Lipinski definition) is 0. The molecule has 2 rings (SSSR count). The Morgan fingerprint density at radius 2 is 2.14 bits per heavy atom. The van der Waals surface area contributed by atoms with Crippen LogP contribution in [0.2, 0.25) is 0 Å². The largest absolute Gasteiger partial charge is 0.337 e. The molecule has 0 N–H and O–H groups in total. The minimum atomic E-state index is -3.05. The Balaban J connectivity index is 2.08. The van der Waals surface area contributed by atoms with Crippen molar-refractivity contribution in [3.63, 3.8) is 0 Å². The van der Waals surface area contributed by atoms with Crippen molar-refractivity contribution in [2.75, 3.05) is 18.1 Å². The van der Waals surface area contributed by atoms with Crippen LogP contribution in [0.3, 0.4) is 0 Å². The van der Waals surface area contributed by atoms with Crippen LogP contribution in [0, 0.1) is 12.3 Å². The Bertz CT molecular complexity index is 644. The summed E-state index contributed by atoms with van der Waals surface area (Å²) < 4.78 is 23.8. The van der Waals surface area contributed by atoms with Crippen LogP contribution in [0.15, 0.2) is 5.51 Å². The van der Waals surface area contributed by atoms with Gasteiger partial charge in [-0.2, -0.15) is 0 Å². The van der Waals surface area contributed by atoms with Gasteiger partial charge in [0.05, 0.1) is 28.8 Å². The van der Waals surface area contributed by atoms with Gasteiger partial charge in [-0.1, -0.05) is 20.8 Å². The molecule has 1 unspecified atom stereocenters. The highest BCUT2D eigenvalue weighted by Gasteiger charge is 2.40. The van der Waals surface area contributed by atoms with E-state index < -0.39 is 9.84 Å². The van der Waals surface area contributed by atoms with E-state index in [-0.39, 0.29) is 28.9 Å². The molecule has 1 aromatic heterocycles. The molecule has 7 heteroatoms. The maximum atomic E-state index is 12.6. The van der Waals surface area contributed by atoms with Crippen molar-refractivity contribution in [2.45, 2.75) is 46.6 Å². The van der Waals surface area contributed by atoms with Crippen LogP contribution in [0.25, 0.3) is 0 Å². The smallest absolute Gasteiger partial charge is 0.223 e. The monoisotopic (exact) mass is 344 g/mol. The van der Waals surface area contributed by atoms with Crippen LogP contribution < -0.4 is 0 Å². The lowest BCUT2D eigenvalue weighted by Crippen LogP contribution is -2.56. The number of thiazole rings is 1. The van der Waals surface area contributed by atoms with E-state index in [4.69, 9.17) is 0 Å². The molecule has 1 aromatic rings. The number of carbonyl (C=O) groups is 1. The molecule has 1 atom stereocenters. The minimum absolute atomic E-state index is 0.0441. The minimum Gasteiger partial charge on any atom is -0.337 e. The molecule has 0 bridgehead atoms. The summed E-state index contributed by atoms with van der Waals surface area (Å²) in [5.74, 6) is 0.190. The van der Waals surface area contributed by atoms with Crippen molar-refractivity contribution in [3.05, 3.63) is 16.1 Å². The van der Waals surface area contributed by atoms with Gasteiger partial charge in [0.2, 0.25) is 5.91 Å². The molecular formula is C15H24N2O3S2. The van der Waals surface area contributed by atoms with Gasteiger partial charge in [0, 0.05) is 17.8 Å². The summed E-state index contributed by atoms with van der Waals surface area (Å²) in [5, 5.41) is 0. The van der Waals surface area contributed by atoms with Crippen LogP contribution in [0.4, 0.5) is 0 Å². The van der Waals surface area contributed by atoms with Crippen LogP contribution >= 0.6 is 11.3 Å².